The molecular formula is C20H20N5O+. The molecule has 0 spiro atoms. The highest BCUT2D eigenvalue weighted by atomic mass is 16.2. The fourth-order valence-electron chi connectivity index (χ4n) is 3.10. The van der Waals surface area contributed by atoms with Crippen LogP contribution >= 0.6 is 0 Å². The van der Waals surface area contributed by atoms with Gasteiger partial charge in [-0.3, -0.25) is 9.78 Å². The average Bonchev–Trinajstić information content (AvgIpc) is 3.31. The lowest BCUT2D eigenvalue weighted by atomic mass is 10.1. The number of amides is 1. The van der Waals surface area contributed by atoms with Gasteiger partial charge in [-0.2, -0.15) is 0 Å². The minimum Gasteiger partial charge on any atom is -0.361 e. The Morgan fingerprint density at radius 1 is 1.27 bits per heavy atom. The molecule has 0 saturated carbocycles. The fourth-order valence-corrected chi connectivity index (χ4v) is 3.10. The Morgan fingerprint density at radius 2 is 2.12 bits per heavy atom. The standard InChI is InChI=1S/C20H19N5O/c1-13(16-11-21-17-6-4-3-5-15(16)17)25(2)19(26)8-7-14-9-18-20(22-10-14)24-12-23-18/h3-13,21H,1-2H3,(H,22,23,24)/p+1. The summed E-state index contributed by atoms with van der Waals surface area (Å²) in [5, 5.41) is 1.14. The Bertz CT molecular complexity index is 1110. The van der Waals surface area contributed by atoms with E-state index in [1.807, 2.05) is 44.4 Å². The SMILES string of the molecule is CC(c1c[nH]c2ccccc12)N(C)C(=O)C=Cc1cnc2[nH+]c[nH]c2c1. The summed E-state index contributed by atoms with van der Waals surface area (Å²) < 4.78 is 0. The van der Waals surface area contributed by atoms with Crippen molar-refractivity contribution in [3.63, 3.8) is 0 Å². The maximum Gasteiger partial charge on any atom is 0.299 e. The second-order valence-corrected chi connectivity index (χ2v) is 6.35. The van der Waals surface area contributed by atoms with E-state index in [1.54, 1.807) is 29.6 Å². The van der Waals surface area contributed by atoms with Crippen molar-refractivity contribution in [3.05, 3.63) is 66.3 Å². The third kappa shape index (κ3) is 2.86. The Balaban J connectivity index is 1.53. The molecule has 0 radical (unpaired) electrons. The van der Waals surface area contributed by atoms with E-state index < -0.39 is 0 Å². The van der Waals surface area contributed by atoms with E-state index in [-0.39, 0.29) is 11.9 Å². The molecule has 26 heavy (non-hydrogen) atoms. The van der Waals surface area contributed by atoms with Crippen LogP contribution in [-0.2, 0) is 4.79 Å². The van der Waals surface area contributed by atoms with Gasteiger partial charge in [0.15, 0.2) is 11.8 Å². The van der Waals surface area contributed by atoms with Crippen molar-refractivity contribution in [2.45, 2.75) is 13.0 Å². The molecule has 3 N–H and O–H groups in total. The van der Waals surface area contributed by atoms with Crippen molar-refractivity contribution in [1.82, 2.24) is 19.9 Å². The van der Waals surface area contributed by atoms with Gasteiger partial charge in [0, 0.05) is 35.8 Å². The van der Waals surface area contributed by atoms with Crippen LogP contribution in [-0.4, -0.2) is 32.8 Å². The summed E-state index contributed by atoms with van der Waals surface area (Å²) in [4.78, 5) is 28.0. The van der Waals surface area contributed by atoms with E-state index in [4.69, 9.17) is 0 Å². The Labute approximate surface area is 150 Å². The molecule has 3 aromatic heterocycles. The third-order valence-corrected chi connectivity index (χ3v) is 4.76. The van der Waals surface area contributed by atoms with Gasteiger partial charge in [-0.25, -0.2) is 4.98 Å². The molecule has 4 rings (SSSR count). The smallest absolute Gasteiger partial charge is 0.299 e. The van der Waals surface area contributed by atoms with Crippen LogP contribution in [0.15, 0.2) is 55.1 Å². The maximum atomic E-state index is 12.6. The van der Waals surface area contributed by atoms with E-state index in [1.165, 1.54) is 0 Å². The number of H-pyrrole nitrogens is 3. The van der Waals surface area contributed by atoms with Crippen LogP contribution in [0.3, 0.4) is 0 Å². The first-order chi connectivity index (χ1) is 12.6. The van der Waals surface area contributed by atoms with Crippen molar-refractivity contribution in [2.75, 3.05) is 7.05 Å². The number of carbonyl (C=O) groups is 1. The highest BCUT2D eigenvalue weighted by Gasteiger charge is 2.18. The Morgan fingerprint density at radius 3 is 3.00 bits per heavy atom. The summed E-state index contributed by atoms with van der Waals surface area (Å²) >= 11 is 0. The first-order valence-electron chi connectivity index (χ1n) is 8.49. The number of benzene rings is 1. The zero-order valence-corrected chi connectivity index (χ0v) is 14.7. The summed E-state index contributed by atoms with van der Waals surface area (Å²) in [6.07, 6.45) is 8.81. The molecule has 0 aliphatic carbocycles. The molecule has 3 heterocycles. The molecule has 130 valence electrons. The molecule has 0 fully saturated rings. The summed E-state index contributed by atoms with van der Waals surface area (Å²) in [5.41, 5.74) is 4.75. The monoisotopic (exact) mass is 346 g/mol. The van der Waals surface area contributed by atoms with Gasteiger partial charge in [0.25, 0.3) is 5.65 Å². The van der Waals surface area contributed by atoms with E-state index in [0.29, 0.717) is 0 Å². The molecular weight excluding hydrogens is 326 g/mol. The van der Waals surface area contributed by atoms with Gasteiger partial charge in [-0.15, -0.1) is 4.98 Å². The van der Waals surface area contributed by atoms with Gasteiger partial charge >= 0.3 is 0 Å². The topological polar surface area (TPSA) is 78.9 Å². The van der Waals surface area contributed by atoms with Gasteiger partial charge < -0.3 is 9.88 Å². The second-order valence-electron chi connectivity index (χ2n) is 6.35. The number of aromatic amines is 3. The lowest BCUT2D eigenvalue weighted by Crippen LogP contribution is -2.27. The van der Waals surface area contributed by atoms with Crippen molar-refractivity contribution in [1.29, 1.82) is 0 Å². The third-order valence-electron chi connectivity index (χ3n) is 4.76. The largest absolute Gasteiger partial charge is 0.361 e. The van der Waals surface area contributed by atoms with Crippen LogP contribution < -0.4 is 4.98 Å². The molecule has 6 nitrogen and oxygen atoms in total. The normalized spacial score (nSPS) is 12.8. The minimum atomic E-state index is -0.0547. The molecule has 1 amide bonds. The van der Waals surface area contributed by atoms with Crippen LogP contribution in [0.2, 0.25) is 0 Å². The number of fused-ring (bicyclic) bond motifs is 2. The maximum absolute atomic E-state index is 12.6. The molecule has 4 aromatic rings. The number of imidazole rings is 1. The number of pyridine rings is 1. The van der Waals surface area contributed by atoms with Crippen LogP contribution in [0.5, 0.6) is 0 Å². The predicted molar refractivity (Wildman–Crippen MR) is 101 cm³/mol. The Hall–Kier alpha value is -3.41. The quantitative estimate of drug-likeness (QED) is 0.557. The van der Waals surface area contributed by atoms with E-state index in [9.17, 15) is 4.79 Å². The number of hydrogen-bond donors (Lipinski definition) is 2. The van der Waals surface area contributed by atoms with Crippen LogP contribution in [0.25, 0.3) is 28.1 Å². The average molecular weight is 346 g/mol. The van der Waals surface area contributed by atoms with Gasteiger partial charge in [0.2, 0.25) is 5.91 Å². The molecule has 0 bridgehead atoms. The van der Waals surface area contributed by atoms with Gasteiger partial charge in [0.05, 0.1) is 6.04 Å². The van der Waals surface area contributed by atoms with Crippen LogP contribution in [0, 0.1) is 0 Å². The molecule has 1 unspecified atom stereocenters. The number of aromatic nitrogens is 4. The van der Waals surface area contributed by atoms with Gasteiger partial charge in [-0.1, -0.05) is 18.2 Å². The first kappa shape index (κ1) is 16.1. The van der Waals surface area contributed by atoms with Crippen molar-refractivity contribution < 1.29 is 9.78 Å². The predicted octanol–water partition coefficient (Wildman–Crippen LogP) is 3.09. The molecule has 6 heteroatoms. The van der Waals surface area contributed by atoms with E-state index >= 15 is 0 Å². The highest BCUT2D eigenvalue weighted by Crippen LogP contribution is 2.27. The number of rotatable bonds is 4. The van der Waals surface area contributed by atoms with E-state index in [2.05, 4.69) is 26.0 Å². The number of hydrogen-bond acceptors (Lipinski definition) is 2. The molecule has 0 aliphatic rings. The summed E-state index contributed by atoms with van der Waals surface area (Å²) in [7, 11) is 1.82. The van der Waals surface area contributed by atoms with Crippen molar-refractivity contribution in [2.24, 2.45) is 0 Å². The summed E-state index contributed by atoms with van der Waals surface area (Å²) in [6, 6.07) is 10.0. The summed E-state index contributed by atoms with van der Waals surface area (Å²) in [5.74, 6) is -0.0547. The fraction of sp³-hybridized carbons (Fsp3) is 0.150. The number of nitrogens with one attached hydrogen (secondary N) is 3. The Kier molecular flexibility index (Phi) is 4.01. The molecule has 1 atom stereocenters. The number of nitrogens with zero attached hydrogens (tertiary/aromatic N) is 2. The van der Waals surface area contributed by atoms with Crippen molar-refractivity contribution >= 4 is 34.1 Å². The minimum absolute atomic E-state index is 0.0399. The highest BCUT2D eigenvalue weighted by molar-refractivity contribution is 5.93. The van der Waals surface area contributed by atoms with Crippen LogP contribution in [0.4, 0.5) is 0 Å². The number of carbonyl (C=O) groups excluding carboxylic acids is 1. The lowest BCUT2D eigenvalue weighted by Gasteiger charge is -2.23. The number of likely N-dealkylation sites (N-methyl/N-ethyl adjacent to an activating group) is 1. The lowest BCUT2D eigenvalue weighted by molar-refractivity contribution is -0.347. The molecule has 0 saturated heterocycles. The van der Waals surface area contributed by atoms with Crippen molar-refractivity contribution in [3.8, 4) is 0 Å². The van der Waals surface area contributed by atoms with Gasteiger partial charge in [-0.05, 0) is 30.7 Å². The second kappa shape index (κ2) is 6.48. The number of para-hydroxylation sites is 1. The van der Waals surface area contributed by atoms with E-state index in [0.717, 1.165) is 33.2 Å². The first-order valence-corrected chi connectivity index (χ1v) is 8.49. The molecule has 1 aromatic carbocycles. The van der Waals surface area contributed by atoms with Crippen LogP contribution in [0.1, 0.15) is 24.1 Å². The summed E-state index contributed by atoms with van der Waals surface area (Å²) in [6.45, 7) is 2.03. The molecule has 0 aliphatic heterocycles. The van der Waals surface area contributed by atoms with Gasteiger partial charge in [0.1, 0.15) is 6.20 Å². The zero-order chi connectivity index (χ0) is 18.1. The zero-order valence-electron chi connectivity index (χ0n) is 14.7.